The van der Waals surface area contributed by atoms with Gasteiger partial charge in [-0.15, -0.1) is 11.3 Å². The van der Waals surface area contributed by atoms with Crippen molar-refractivity contribution >= 4 is 45.7 Å². The number of carbonyl (C=O) groups excluding carboxylic acids is 1. The summed E-state index contributed by atoms with van der Waals surface area (Å²) in [6.45, 7) is 0. The number of pyridine rings is 1. The first kappa shape index (κ1) is 17.4. The Balaban J connectivity index is 1.80. The third-order valence-corrected chi connectivity index (χ3v) is 6.15. The number of thiophene rings is 1. The minimum atomic E-state index is 0.0721. The number of allylic oxidation sites excluding steroid dienone is 1. The largest absolute Gasteiger partial charge is 0.289 e. The third-order valence-electron chi connectivity index (χ3n) is 5.09. The summed E-state index contributed by atoms with van der Waals surface area (Å²) >= 11 is 7.94. The first-order chi connectivity index (χ1) is 13.7. The van der Waals surface area contributed by atoms with Crippen molar-refractivity contribution in [1.29, 1.82) is 0 Å². The van der Waals surface area contributed by atoms with E-state index >= 15 is 0 Å². The van der Waals surface area contributed by atoms with Crippen LogP contribution in [0.1, 0.15) is 27.3 Å². The number of benzene rings is 2. The summed E-state index contributed by atoms with van der Waals surface area (Å²) in [5.74, 6) is 0.0721. The Labute approximate surface area is 172 Å². The van der Waals surface area contributed by atoms with Gasteiger partial charge in [0.2, 0.25) is 0 Å². The predicted molar refractivity (Wildman–Crippen MR) is 117 cm³/mol. The Bertz CT molecular complexity index is 1230. The van der Waals surface area contributed by atoms with E-state index in [-0.39, 0.29) is 5.78 Å². The first-order valence-corrected chi connectivity index (χ1v) is 10.4. The number of Topliss-reactive ketones (excluding diaryl/α,β-unsaturated/α-hetero) is 1. The molecule has 0 amide bonds. The lowest BCUT2D eigenvalue weighted by Gasteiger charge is -2.22. The van der Waals surface area contributed by atoms with Crippen molar-refractivity contribution in [2.24, 2.45) is 0 Å². The summed E-state index contributed by atoms with van der Waals surface area (Å²) in [6.07, 6.45) is 3.49. The molecule has 2 aromatic carbocycles. The fraction of sp³-hybridized carbons (Fsp3) is 0.0833. The summed E-state index contributed by atoms with van der Waals surface area (Å²) in [7, 11) is 0. The fourth-order valence-electron chi connectivity index (χ4n) is 3.83. The summed E-state index contributed by atoms with van der Waals surface area (Å²) in [5, 5.41) is 3.59. The van der Waals surface area contributed by atoms with Crippen LogP contribution in [0.15, 0.2) is 71.6 Å². The molecule has 0 unspecified atom stereocenters. The molecular formula is C24H16ClNOS. The Kier molecular flexibility index (Phi) is 4.34. The van der Waals surface area contributed by atoms with E-state index in [4.69, 9.17) is 16.6 Å². The van der Waals surface area contributed by atoms with E-state index in [1.54, 1.807) is 11.3 Å². The van der Waals surface area contributed by atoms with Crippen LogP contribution in [0.5, 0.6) is 0 Å². The molecular weight excluding hydrogens is 386 g/mol. The molecule has 0 saturated carbocycles. The average molecular weight is 402 g/mol. The molecule has 0 atom stereocenters. The van der Waals surface area contributed by atoms with Gasteiger partial charge in [-0.3, -0.25) is 9.78 Å². The number of hydrogen-bond donors (Lipinski definition) is 0. The highest BCUT2D eigenvalue weighted by Gasteiger charge is 2.28. The average Bonchev–Trinajstić information content (AvgIpc) is 3.23. The lowest BCUT2D eigenvalue weighted by atomic mass is 9.83. The molecule has 28 heavy (non-hydrogen) atoms. The number of rotatable bonds is 2. The molecule has 0 fully saturated rings. The summed E-state index contributed by atoms with van der Waals surface area (Å²) in [4.78, 5) is 19.5. The lowest BCUT2D eigenvalue weighted by molar-refractivity contribution is 0.102. The van der Waals surface area contributed by atoms with Gasteiger partial charge in [0.1, 0.15) is 0 Å². The molecule has 2 aromatic heterocycles. The molecule has 1 aliphatic carbocycles. The van der Waals surface area contributed by atoms with Gasteiger partial charge in [-0.2, -0.15) is 0 Å². The Morgan fingerprint density at radius 3 is 2.61 bits per heavy atom. The molecule has 0 spiro atoms. The normalized spacial score (nSPS) is 15.2. The van der Waals surface area contributed by atoms with Gasteiger partial charge in [-0.1, -0.05) is 48.0 Å². The summed E-state index contributed by atoms with van der Waals surface area (Å²) < 4.78 is 0. The smallest absolute Gasteiger partial charge is 0.191 e. The number of carbonyl (C=O) groups is 1. The minimum Gasteiger partial charge on any atom is -0.289 e. The molecule has 0 bridgehead atoms. The van der Waals surface area contributed by atoms with Gasteiger partial charge < -0.3 is 0 Å². The van der Waals surface area contributed by atoms with E-state index in [1.807, 2.05) is 72.1 Å². The SMILES string of the molecule is O=C1/C(=C\c2cccs2)CCc2nc3ccc(Cl)cc3c(-c3ccccc3)c21. The van der Waals surface area contributed by atoms with Crippen LogP contribution in [0.4, 0.5) is 0 Å². The van der Waals surface area contributed by atoms with Crippen LogP contribution >= 0.6 is 22.9 Å². The van der Waals surface area contributed by atoms with Crippen LogP contribution in [0.2, 0.25) is 5.02 Å². The highest BCUT2D eigenvalue weighted by Crippen LogP contribution is 2.39. The molecule has 2 nitrogen and oxygen atoms in total. The van der Waals surface area contributed by atoms with E-state index in [9.17, 15) is 4.79 Å². The monoisotopic (exact) mass is 401 g/mol. The molecule has 0 aliphatic heterocycles. The third kappa shape index (κ3) is 2.97. The zero-order valence-corrected chi connectivity index (χ0v) is 16.6. The molecule has 4 heteroatoms. The van der Waals surface area contributed by atoms with Gasteiger partial charge >= 0.3 is 0 Å². The Morgan fingerprint density at radius 2 is 1.82 bits per heavy atom. The molecule has 1 aliphatic rings. The highest BCUT2D eigenvalue weighted by molar-refractivity contribution is 7.10. The van der Waals surface area contributed by atoms with E-state index in [0.717, 1.165) is 50.2 Å². The van der Waals surface area contributed by atoms with Crippen molar-refractivity contribution in [1.82, 2.24) is 4.98 Å². The van der Waals surface area contributed by atoms with Gasteiger partial charge in [0, 0.05) is 26.4 Å². The number of aryl methyl sites for hydroxylation is 1. The number of halogens is 1. The molecule has 5 rings (SSSR count). The van der Waals surface area contributed by atoms with E-state index in [1.165, 1.54) is 0 Å². The van der Waals surface area contributed by atoms with E-state index in [0.29, 0.717) is 11.4 Å². The zero-order chi connectivity index (χ0) is 19.1. The van der Waals surface area contributed by atoms with Crippen molar-refractivity contribution < 1.29 is 4.79 Å². The van der Waals surface area contributed by atoms with Crippen LogP contribution in [-0.2, 0) is 6.42 Å². The van der Waals surface area contributed by atoms with Crippen LogP contribution in [0, 0.1) is 0 Å². The summed E-state index contributed by atoms with van der Waals surface area (Å²) in [6, 6.07) is 19.8. The Hall–Kier alpha value is -2.75. The van der Waals surface area contributed by atoms with Crippen molar-refractivity contribution in [3.05, 3.63) is 92.8 Å². The van der Waals surface area contributed by atoms with Gasteiger partial charge in [0.15, 0.2) is 5.78 Å². The van der Waals surface area contributed by atoms with Gasteiger partial charge in [-0.05, 0) is 54.1 Å². The topological polar surface area (TPSA) is 30.0 Å². The number of aromatic nitrogens is 1. The van der Waals surface area contributed by atoms with Crippen LogP contribution in [0.25, 0.3) is 28.1 Å². The first-order valence-electron chi connectivity index (χ1n) is 9.17. The van der Waals surface area contributed by atoms with Crippen LogP contribution in [0.3, 0.4) is 0 Å². The molecule has 4 aromatic rings. The minimum absolute atomic E-state index is 0.0721. The fourth-order valence-corrected chi connectivity index (χ4v) is 4.68. The van der Waals surface area contributed by atoms with Gasteiger partial charge in [-0.25, -0.2) is 0 Å². The maximum absolute atomic E-state index is 13.5. The lowest BCUT2D eigenvalue weighted by Crippen LogP contribution is -2.17. The van der Waals surface area contributed by atoms with Crippen LogP contribution in [-0.4, -0.2) is 10.8 Å². The van der Waals surface area contributed by atoms with Gasteiger partial charge in [0.25, 0.3) is 0 Å². The quantitative estimate of drug-likeness (QED) is 0.344. The predicted octanol–water partition coefficient (Wildman–Crippen LogP) is 6.83. The van der Waals surface area contributed by atoms with E-state index in [2.05, 4.69) is 0 Å². The molecule has 0 radical (unpaired) electrons. The zero-order valence-electron chi connectivity index (χ0n) is 15.0. The second-order valence-corrected chi connectivity index (χ2v) is 8.27. The standard InChI is InChI=1S/C24H16ClNOS/c25-17-9-11-20-19(14-17)22(15-5-2-1-3-6-15)23-21(26-20)10-8-16(24(23)27)13-18-7-4-12-28-18/h1-7,9,11-14H,8,10H2/b16-13-. The maximum Gasteiger partial charge on any atom is 0.191 e. The number of nitrogens with zero attached hydrogens (tertiary/aromatic N) is 1. The Morgan fingerprint density at radius 1 is 0.964 bits per heavy atom. The van der Waals surface area contributed by atoms with Crippen molar-refractivity contribution in [3.8, 4) is 11.1 Å². The summed E-state index contributed by atoms with van der Waals surface area (Å²) in [5.41, 5.74) is 5.26. The maximum atomic E-state index is 13.5. The number of hydrogen-bond acceptors (Lipinski definition) is 3. The van der Waals surface area contributed by atoms with Crippen LogP contribution < -0.4 is 0 Å². The molecule has 2 heterocycles. The molecule has 0 N–H and O–H groups in total. The van der Waals surface area contributed by atoms with E-state index < -0.39 is 0 Å². The van der Waals surface area contributed by atoms with Gasteiger partial charge in [0.05, 0.1) is 16.8 Å². The van der Waals surface area contributed by atoms with Crippen molar-refractivity contribution in [2.75, 3.05) is 0 Å². The molecule has 0 saturated heterocycles. The van der Waals surface area contributed by atoms with Crippen molar-refractivity contribution in [3.63, 3.8) is 0 Å². The molecule has 136 valence electrons. The number of ketones is 1. The second-order valence-electron chi connectivity index (χ2n) is 6.85. The highest BCUT2D eigenvalue weighted by atomic mass is 35.5. The van der Waals surface area contributed by atoms with Crippen molar-refractivity contribution in [2.45, 2.75) is 12.8 Å². The second kappa shape index (κ2) is 7.01. The number of fused-ring (bicyclic) bond motifs is 2.